The number of nitrogens with one attached hydrogen (secondary N) is 1. The van der Waals surface area contributed by atoms with E-state index in [4.69, 9.17) is 9.94 Å². The van der Waals surface area contributed by atoms with Crippen molar-refractivity contribution >= 4 is 22.8 Å². The first-order chi connectivity index (χ1) is 9.33. The maximum atomic E-state index is 8.52. The highest BCUT2D eigenvalue weighted by Crippen LogP contribution is 2.41. The standard InChI is InChI=1S/C13H13N3O2S/c1-18-10-4-2-3-9-8(10)5-6-11-12(9)16-13(19-11)14-7-15-17/h2-4,7,17H,5-6H2,1H3,(H,14,15,16). The lowest BCUT2D eigenvalue weighted by atomic mass is 9.93. The average Bonchev–Trinajstić information content (AvgIpc) is 2.87. The zero-order valence-corrected chi connectivity index (χ0v) is 11.2. The van der Waals surface area contributed by atoms with Gasteiger partial charge in [-0.2, -0.15) is 0 Å². The lowest BCUT2D eigenvalue weighted by Gasteiger charge is -2.17. The molecule has 0 fully saturated rings. The number of aromatic nitrogens is 1. The Morgan fingerprint density at radius 2 is 2.37 bits per heavy atom. The van der Waals surface area contributed by atoms with Gasteiger partial charge >= 0.3 is 0 Å². The largest absolute Gasteiger partial charge is 0.496 e. The number of hydrogen-bond acceptors (Lipinski definition) is 5. The number of methoxy groups -OCH3 is 1. The highest BCUT2D eigenvalue weighted by atomic mass is 32.1. The van der Waals surface area contributed by atoms with Crippen LogP contribution in [0.3, 0.4) is 0 Å². The summed E-state index contributed by atoms with van der Waals surface area (Å²) in [5, 5.41) is 9.16. The van der Waals surface area contributed by atoms with Crippen LogP contribution < -0.4 is 10.2 Å². The Labute approximate surface area is 114 Å². The second kappa shape index (κ2) is 4.99. The van der Waals surface area contributed by atoms with Gasteiger partial charge in [-0.25, -0.2) is 9.98 Å². The van der Waals surface area contributed by atoms with Gasteiger partial charge in [0.25, 0.3) is 0 Å². The monoisotopic (exact) mass is 275 g/mol. The molecule has 0 amide bonds. The molecular weight excluding hydrogens is 262 g/mol. The van der Waals surface area contributed by atoms with Crippen LogP contribution in [0.4, 0.5) is 5.13 Å². The van der Waals surface area contributed by atoms with Gasteiger partial charge in [-0.05, 0) is 18.9 Å². The molecule has 1 aliphatic rings. The molecule has 5 nitrogen and oxygen atoms in total. The van der Waals surface area contributed by atoms with Crippen LogP contribution in [-0.2, 0) is 12.8 Å². The highest BCUT2D eigenvalue weighted by molar-refractivity contribution is 7.15. The summed E-state index contributed by atoms with van der Waals surface area (Å²) in [5.41, 5.74) is 5.20. The van der Waals surface area contributed by atoms with Crippen LogP contribution in [0.2, 0.25) is 0 Å². The molecule has 0 aliphatic heterocycles. The van der Waals surface area contributed by atoms with Gasteiger partial charge in [-0.1, -0.05) is 23.5 Å². The Hall–Kier alpha value is -1.92. The van der Waals surface area contributed by atoms with E-state index in [1.165, 1.54) is 16.8 Å². The summed E-state index contributed by atoms with van der Waals surface area (Å²) < 4.78 is 5.40. The molecule has 0 saturated heterocycles. The molecule has 2 N–H and O–H groups in total. The lowest BCUT2D eigenvalue weighted by Crippen LogP contribution is -2.04. The predicted molar refractivity (Wildman–Crippen MR) is 74.6 cm³/mol. The van der Waals surface area contributed by atoms with E-state index in [0.29, 0.717) is 5.13 Å². The number of ether oxygens (including phenoxy) is 1. The zero-order valence-electron chi connectivity index (χ0n) is 10.4. The van der Waals surface area contributed by atoms with Crippen LogP contribution in [-0.4, -0.2) is 23.6 Å². The maximum Gasteiger partial charge on any atom is 0.211 e. The van der Waals surface area contributed by atoms with Crippen LogP contribution in [0, 0.1) is 0 Å². The minimum atomic E-state index is 0.641. The summed E-state index contributed by atoms with van der Waals surface area (Å²) in [6.45, 7) is 0. The van der Waals surface area contributed by atoms with Crippen molar-refractivity contribution < 1.29 is 9.94 Å². The summed E-state index contributed by atoms with van der Waals surface area (Å²) in [5.74, 6) is 0.915. The summed E-state index contributed by atoms with van der Waals surface area (Å²) in [4.78, 5) is 9.78. The smallest absolute Gasteiger partial charge is 0.211 e. The fourth-order valence-corrected chi connectivity index (χ4v) is 3.25. The highest BCUT2D eigenvalue weighted by Gasteiger charge is 2.22. The number of nitrogens with zero attached hydrogens (tertiary/aromatic N) is 2. The number of hydrogen-bond donors (Lipinski definition) is 2. The first-order valence-electron chi connectivity index (χ1n) is 5.91. The van der Waals surface area contributed by atoms with Gasteiger partial charge in [0, 0.05) is 16.0 Å². The molecule has 0 spiro atoms. The van der Waals surface area contributed by atoms with Crippen molar-refractivity contribution in [1.82, 2.24) is 10.5 Å². The molecule has 2 aromatic rings. The average molecular weight is 275 g/mol. The minimum Gasteiger partial charge on any atom is -0.496 e. The Morgan fingerprint density at radius 1 is 1.47 bits per heavy atom. The molecule has 1 aromatic heterocycles. The summed E-state index contributed by atoms with van der Waals surface area (Å²) in [6.07, 6.45) is 3.12. The molecule has 0 saturated carbocycles. The van der Waals surface area contributed by atoms with E-state index in [-0.39, 0.29) is 0 Å². The molecule has 98 valence electrons. The Morgan fingerprint density at radius 3 is 3.16 bits per heavy atom. The molecule has 6 heteroatoms. The van der Waals surface area contributed by atoms with E-state index in [9.17, 15) is 0 Å². The van der Waals surface area contributed by atoms with E-state index in [1.807, 2.05) is 17.6 Å². The van der Waals surface area contributed by atoms with E-state index >= 15 is 0 Å². The Bertz CT molecular complexity index is 637. The number of aliphatic imine (C=N–C) groups is 1. The van der Waals surface area contributed by atoms with Gasteiger partial charge in [-0.15, -0.1) is 0 Å². The predicted octanol–water partition coefficient (Wildman–Crippen LogP) is 2.56. The quantitative estimate of drug-likeness (QED) is 0.513. The van der Waals surface area contributed by atoms with Crippen LogP contribution in [0.15, 0.2) is 23.2 Å². The van der Waals surface area contributed by atoms with Crippen molar-refractivity contribution in [1.29, 1.82) is 0 Å². The topological polar surface area (TPSA) is 66.7 Å². The van der Waals surface area contributed by atoms with Crippen LogP contribution >= 0.6 is 11.3 Å². The second-order valence-corrected chi connectivity index (χ2v) is 5.20. The molecule has 0 bridgehead atoms. The van der Waals surface area contributed by atoms with E-state index in [0.717, 1.165) is 29.8 Å². The van der Waals surface area contributed by atoms with Gasteiger partial charge in [0.1, 0.15) is 12.1 Å². The SMILES string of the molecule is COc1cccc2c1CCc1sc(/N=C/NO)nc1-2. The minimum absolute atomic E-state index is 0.641. The molecule has 1 aliphatic carbocycles. The van der Waals surface area contributed by atoms with Crippen molar-refractivity contribution in [3.8, 4) is 17.0 Å². The second-order valence-electron chi connectivity index (χ2n) is 4.14. The zero-order chi connectivity index (χ0) is 13.2. The summed E-state index contributed by atoms with van der Waals surface area (Å²) in [6, 6.07) is 6.02. The molecule has 0 radical (unpaired) electrons. The van der Waals surface area contributed by atoms with Gasteiger partial charge in [0.15, 0.2) is 0 Å². The number of fused-ring (bicyclic) bond motifs is 3. The normalized spacial score (nSPS) is 13.2. The molecule has 19 heavy (non-hydrogen) atoms. The third-order valence-electron chi connectivity index (χ3n) is 3.13. The summed E-state index contributed by atoms with van der Waals surface area (Å²) >= 11 is 1.55. The van der Waals surface area contributed by atoms with E-state index in [2.05, 4.69) is 16.0 Å². The lowest BCUT2D eigenvalue weighted by molar-refractivity contribution is 0.240. The number of hydroxylamine groups is 1. The van der Waals surface area contributed by atoms with E-state index < -0.39 is 0 Å². The third-order valence-corrected chi connectivity index (χ3v) is 4.15. The van der Waals surface area contributed by atoms with Gasteiger partial charge in [0.2, 0.25) is 5.13 Å². The van der Waals surface area contributed by atoms with Gasteiger partial charge < -0.3 is 4.74 Å². The molecular formula is C13H13N3O2S. The number of benzene rings is 1. The van der Waals surface area contributed by atoms with Crippen molar-refractivity contribution in [3.05, 3.63) is 28.6 Å². The van der Waals surface area contributed by atoms with Gasteiger partial charge in [-0.3, -0.25) is 10.7 Å². The van der Waals surface area contributed by atoms with Crippen LogP contribution in [0.5, 0.6) is 5.75 Å². The van der Waals surface area contributed by atoms with Crippen LogP contribution in [0.1, 0.15) is 10.4 Å². The van der Waals surface area contributed by atoms with Crippen LogP contribution in [0.25, 0.3) is 11.3 Å². The molecule has 1 aromatic carbocycles. The van der Waals surface area contributed by atoms with Gasteiger partial charge in [0.05, 0.1) is 12.8 Å². The molecule has 1 heterocycles. The first-order valence-corrected chi connectivity index (χ1v) is 6.73. The summed E-state index contributed by atoms with van der Waals surface area (Å²) in [7, 11) is 1.69. The Balaban J connectivity index is 2.08. The fourth-order valence-electron chi connectivity index (χ4n) is 2.33. The first kappa shape index (κ1) is 12.1. The molecule has 0 atom stereocenters. The molecule has 3 rings (SSSR count). The van der Waals surface area contributed by atoms with Crippen molar-refractivity contribution in [2.24, 2.45) is 4.99 Å². The fraction of sp³-hybridized carbons (Fsp3) is 0.231. The Kier molecular flexibility index (Phi) is 3.18. The van der Waals surface area contributed by atoms with E-state index in [1.54, 1.807) is 18.4 Å². The number of aryl methyl sites for hydroxylation is 1. The maximum absolute atomic E-state index is 8.52. The number of rotatable bonds is 3. The van der Waals surface area contributed by atoms with Crippen molar-refractivity contribution in [2.75, 3.05) is 7.11 Å². The third kappa shape index (κ3) is 2.09. The molecule has 0 unspecified atom stereocenters. The van der Waals surface area contributed by atoms with Crippen molar-refractivity contribution in [3.63, 3.8) is 0 Å². The van der Waals surface area contributed by atoms with Crippen molar-refractivity contribution in [2.45, 2.75) is 12.8 Å². The number of thiazole rings is 1.